The molecule has 1 aromatic heterocycles. The van der Waals surface area contributed by atoms with Gasteiger partial charge >= 0.3 is 0 Å². The lowest BCUT2D eigenvalue weighted by Crippen LogP contribution is -2.20. The molecule has 0 bridgehead atoms. The summed E-state index contributed by atoms with van der Waals surface area (Å²) in [7, 11) is 0. The Labute approximate surface area is 135 Å². The van der Waals surface area contributed by atoms with Gasteiger partial charge < -0.3 is 0 Å². The number of anilines is 1. The van der Waals surface area contributed by atoms with Crippen molar-refractivity contribution in [3.05, 3.63) is 24.2 Å². The van der Waals surface area contributed by atoms with Gasteiger partial charge in [0, 0.05) is 5.56 Å². The summed E-state index contributed by atoms with van der Waals surface area (Å²) in [4.78, 5) is 8.06. The Balaban J connectivity index is 0. The number of hydrazine groups is 1. The second-order valence-electron chi connectivity index (χ2n) is 5.23. The lowest BCUT2D eigenvalue weighted by atomic mass is 9.94. The molecule has 1 aromatic rings. The van der Waals surface area contributed by atoms with Crippen LogP contribution in [0.5, 0.6) is 0 Å². The molecule has 0 amide bonds. The molecule has 0 atom stereocenters. The van der Waals surface area contributed by atoms with E-state index in [1.807, 2.05) is 20.8 Å². The molecule has 5 heteroatoms. The van der Waals surface area contributed by atoms with E-state index >= 15 is 0 Å². The monoisotopic (exact) mass is 310 g/mol. The van der Waals surface area contributed by atoms with Crippen molar-refractivity contribution in [1.82, 2.24) is 15.4 Å². The fourth-order valence-corrected chi connectivity index (χ4v) is 0.984. The molecule has 0 saturated carbocycles. The predicted octanol–water partition coefficient (Wildman–Crippen LogP) is 4.77. The quantitative estimate of drug-likeness (QED) is 0.619. The summed E-state index contributed by atoms with van der Waals surface area (Å²) < 4.78 is 0. The average molecular weight is 311 g/mol. The van der Waals surface area contributed by atoms with Crippen LogP contribution in [0.25, 0.3) is 6.08 Å². The van der Waals surface area contributed by atoms with E-state index in [0.29, 0.717) is 11.2 Å². The highest BCUT2D eigenvalue weighted by molar-refractivity contribution is 7.78. The summed E-state index contributed by atoms with van der Waals surface area (Å²) in [6, 6.07) is 0. The number of thiocarbonyl (C=S) groups is 1. The summed E-state index contributed by atoms with van der Waals surface area (Å²) in [6.07, 6.45) is 4.45. The molecular weight excluding hydrogens is 280 g/mol. The van der Waals surface area contributed by atoms with E-state index in [1.54, 1.807) is 6.08 Å². The van der Waals surface area contributed by atoms with Gasteiger partial charge in [0.1, 0.15) is 6.33 Å². The van der Waals surface area contributed by atoms with Crippen molar-refractivity contribution in [2.24, 2.45) is 5.41 Å². The van der Waals surface area contributed by atoms with Crippen LogP contribution in [-0.4, -0.2) is 15.5 Å². The molecule has 1 rings (SSSR count). The maximum absolute atomic E-state index is 4.60. The molecular formula is C16H30N4S. The third-order valence-electron chi connectivity index (χ3n) is 2.60. The molecule has 0 aliphatic heterocycles. The predicted molar refractivity (Wildman–Crippen MR) is 98.4 cm³/mol. The van der Waals surface area contributed by atoms with Crippen LogP contribution in [-0.2, 0) is 0 Å². The molecule has 2 N–H and O–H groups in total. The van der Waals surface area contributed by atoms with Crippen LogP contribution >= 0.6 is 12.2 Å². The molecule has 0 aliphatic rings. The minimum Gasteiger partial charge on any atom is -0.296 e. The molecule has 0 aliphatic carbocycles. The van der Waals surface area contributed by atoms with Gasteiger partial charge in [-0.2, -0.15) is 0 Å². The highest BCUT2D eigenvalue weighted by atomic mass is 32.1. The summed E-state index contributed by atoms with van der Waals surface area (Å²) >= 11 is 4.60. The fraction of sp³-hybridized carbons (Fsp3) is 0.562. The molecule has 1 heterocycles. The van der Waals surface area contributed by atoms with E-state index < -0.39 is 0 Å². The molecule has 4 nitrogen and oxygen atoms in total. The lowest BCUT2D eigenvalue weighted by molar-refractivity contribution is 0.398. The number of nitrogens with zero attached hydrogens (tertiary/aromatic N) is 2. The molecule has 0 fully saturated rings. The SMILES string of the molecule is C=Cc1c(C)ncnc1NNC=S.CC.CCC(C)(C)C. The standard InChI is InChI=1S/C8H10N4S.C6H14.C2H6/c1-3-7-6(2)9-4-10-8(7)12-11-5-13;1-5-6(2,3)4;1-2/h3-5H,1H2,2H3,(H,11,13)(H,9,10,12);5H2,1-4H3;1-2H3. The number of nitrogens with one attached hydrogen (secondary N) is 2. The average Bonchev–Trinajstić information content (AvgIpc) is 2.47. The third-order valence-corrected chi connectivity index (χ3v) is 2.72. The Morgan fingerprint density at radius 2 is 1.81 bits per heavy atom. The lowest BCUT2D eigenvalue weighted by Gasteiger charge is -2.12. The van der Waals surface area contributed by atoms with Crippen molar-refractivity contribution in [2.75, 3.05) is 5.43 Å². The maximum atomic E-state index is 4.60. The number of hydrogen-bond donors (Lipinski definition) is 2. The molecule has 120 valence electrons. The minimum atomic E-state index is 0.542. The molecule has 0 spiro atoms. The maximum Gasteiger partial charge on any atom is 0.155 e. The van der Waals surface area contributed by atoms with E-state index in [1.165, 1.54) is 18.2 Å². The summed E-state index contributed by atoms with van der Waals surface area (Å²) in [6.45, 7) is 18.5. The smallest absolute Gasteiger partial charge is 0.155 e. The van der Waals surface area contributed by atoms with Crippen LogP contribution < -0.4 is 10.9 Å². The van der Waals surface area contributed by atoms with Gasteiger partial charge in [0.05, 0.1) is 11.2 Å². The van der Waals surface area contributed by atoms with Crippen LogP contribution in [0.3, 0.4) is 0 Å². The van der Waals surface area contributed by atoms with Crippen molar-refractivity contribution >= 4 is 29.6 Å². The highest BCUT2D eigenvalue weighted by Gasteiger charge is 2.03. The fourth-order valence-electron chi connectivity index (χ4n) is 0.925. The van der Waals surface area contributed by atoms with Crippen molar-refractivity contribution in [3.63, 3.8) is 0 Å². The van der Waals surface area contributed by atoms with E-state index in [9.17, 15) is 0 Å². The van der Waals surface area contributed by atoms with Gasteiger partial charge in [0.15, 0.2) is 5.82 Å². The Bertz CT molecular complexity index is 411. The van der Waals surface area contributed by atoms with Crippen LogP contribution in [0.1, 0.15) is 59.2 Å². The second-order valence-corrected chi connectivity index (χ2v) is 5.46. The number of rotatable bonds is 4. The number of aryl methyl sites for hydroxylation is 1. The van der Waals surface area contributed by atoms with E-state index in [4.69, 9.17) is 0 Å². The van der Waals surface area contributed by atoms with E-state index in [-0.39, 0.29) is 0 Å². The molecule has 0 aromatic carbocycles. The zero-order chi connectivity index (χ0) is 16.9. The highest BCUT2D eigenvalue weighted by Crippen LogP contribution is 2.16. The zero-order valence-corrected chi connectivity index (χ0v) is 15.3. The number of hydrogen-bond acceptors (Lipinski definition) is 4. The van der Waals surface area contributed by atoms with Crippen molar-refractivity contribution in [2.45, 2.75) is 54.9 Å². The summed E-state index contributed by atoms with van der Waals surface area (Å²) in [5, 5.41) is 0. The topological polar surface area (TPSA) is 49.8 Å². The van der Waals surface area contributed by atoms with Gasteiger partial charge in [-0.3, -0.25) is 10.9 Å². The van der Waals surface area contributed by atoms with Crippen LogP contribution in [0.4, 0.5) is 5.82 Å². The van der Waals surface area contributed by atoms with Gasteiger partial charge in [-0.15, -0.1) is 0 Å². The Morgan fingerprint density at radius 3 is 2.19 bits per heavy atom. The minimum absolute atomic E-state index is 0.542. The first kappa shape index (κ1) is 21.8. The first-order valence-electron chi connectivity index (χ1n) is 7.25. The van der Waals surface area contributed by atoms with Crippen LogP contribution in [0.15, 0.2) is 12.9 Å². The van der Waals surface area contributed by atoms with Crippen molar-refractivity contribution in [1.29, 1.82) is 0 Å². The first-order chi connectivity index (χ1) is 9.85. The Kier molecular flexibility index (Phi) is 12.7. The van der Waals surface area contributed by atoms with Crippen LogP contribution in [0, 0.1) is 12.3 Å². The van der Waals surface area contributed by atoms with Gasteiger partial charge in [0.2, 0.25) is 0 Å². The molecule has 0 radical (unpaired) electrons. The van der Waals surface area contributed by atoms with Gasteiger partial charge in [-0.1, -0.05) is 72.8 Å². The zero-order valence-electron chi connectivity index (χ0n) is 14.4. The largest absolute Gasteiger partial charge is 0.296 e. The molecule has 21 heavy (non-hydrogen) atoms. The summed E-state index contributed by atoms with van der Waals surface area (Å²) in [5.74, 6) is 0.670. The number of aromatic nitrogens is 2. The van der Waals surface area contributed by atoms with Crippen molar-refractivity contribution < 1.29 is 0 Å². The first-order valence-corrected chi connectivity index (χ1v) is 7.72. The molecule has 0 saturated heterocycles. The molecule has 0 unspecified atom stereocenters. The normalized spacial score (nSPS) is 9.29. The van der Waals surface area contributed by atoms with Gasteiger partial charge in [-0.05, 0) is 12.3 Å². The van der Waals surface area contributed by atoms with Crippen LogP contribution in [0.2, 0.25) is 0 Å². The van der Waals surface area contributed by atoms with E-state index in [2.05, 4.69) is 67.3 Å². The third kappa shape index (κ3) is 10.9. The van der Waals surface area contributed by atoms with Crippen molar-refractivity contribution in [3.8, 4) is 0 Å². The van der Waals surface area contributed by atoms with Gasteiger partial charge in [-0.25, -0.2) is 9.97 Å². The van der Waals surface area contributed by atoms with Gasteiger partial charge in [0.25, 0.3) is 0 Å². The Morgan fingerprint density at radius 1 is 1.29 bits per heavy atom. The summed E-state index contributed by atoms with van der Waals surface area (Å²) in [5.41, 5.74) is 9.14. The second kappa shape index (κ2) is 12.3. The Hall–Kier alpha value is -1.49. The van der Waals surface area contributed by atoms with E-state index in [0.717, 1.165) is 11.3 Å².